The monoisotopic (exact) mass is 417 g/mol. The number of carbonyl (C=O) groups is 1. The van der Waals surface area contributed by atoms with E-state index in [1.165, 1.54) is 23.1 Å². The Hall–Kier alpha value is -2.32. The molecule has 8 heteroatoms. The van der Waals surface area contributed by atoms with E-state index in [0.717, 1.165) is 15.3 Å². The van der Waals surface area contributed by atoms with Gasteiger partial charge in [-0.2, -0.15) is 0 Å². The van der Waals surface area contributed by atoms with Crippen LogP contribution in [0.15, 0.2) is 34.2 Å². The van der Waals surface area contributed by atoms with E-state index < -0.39 is 5.25 Å². The number of hydrogen-bond donors (Lipinski definition) is 1. The zero-order valence-electron chi connectivity index (χ0n) is 16.5. The van der Waals surface area contributed by atoms with Crippen LogP contribution in [0.25, 0.3) is 10.2 Å². The van der Waals surface area contributed by atoms with Gasteiger partial charge in [0.25, 0.3) is 5.56 Å². The van der Waals surface area contributed by atoms with E-state index in [1.54, 1.807) is 30.7 Å². The van der Waals surface area contributed by atoms with Crippen LogP contribution in [0, 0.1) is 13.8 Å². The largest absolute Gasteiger partial charge is 0.495 e. The van der Waals surface area contributed by atoms with Crippen molar-refractivity contribution in [3.63, 3.8) is 0 Å². The van der Waals surface area contributed by atoms with Gasteiger partial charge in [-0.05, 0) is 45.4 Å². The first-order chi connectivity index (χ1) is 13.4. The van der Waals surface area contributed by atoms with Crippen molar-refractivity contribution in [1.82, 2.24) is 9.55 Å². The van der Waals surface area contributed by atoms with Gasteiger partial charge in [-0.3, -0.25) is 14.2 Å². The standard InChI is InChI=1S/C20H23N3O3S2/c1-6-23-19(25)16-11(2)12(3)27-18(16)22-20(23)28-13(4)17(24)21-14-9-7-8-10-15(14)26-5/h7-10,13H,6H2,1-5H3,(H,21,24)/t13-/m1/s1. The molecule has 1 aromatic carbocycles. The number of amides is 1. The second-order valence-corrected chi connectivity index (χ2v) is 8.87. The van der Waals surface area contributed by atoms with Crippen molar-refractivity contribution in [3.05, 3.63) is 45.1 Å². The van der Waals surface area contributed by atoms with Crippen molar-refractivity contribution in [2.45, 2.75) is 44.6 Å². The number of rotatable bonds is 6. The number of hydrogen-bond acceptors (Lipinski definition) is 6. The fraction of sp³-hybridized carbons (Fsp3) is 0.350. The zero-order valence-corrected chi connectivity index (χ0v) is 18.2. The molecule has 1 N–H and O–H groups in total. The number of anilines is 1. The van der Waals surface area contributed by atoms with Gasteiger partial charge in [0.1, 0.15) is 10.6 Å². The molecule has 1 amide bonds. The highest BCUT2D eigenvalue weighted by atomic mass is 32.2. The van der Waals surface area contributed by atoms with E-state index in [0.29, 0.717) is 28.5 Å². The minimum absolute atomic E-state index is 0.0470. The van der Waals surface area contributed by atoms with Crippen LogP contribution in [0.3, 0.4) is 0 Å². The van der Waals surface area contributed by atoms with Gasteiger partial charge < -0.3 is 10.1 Å². The van der Waals surface area contributed by atoms with Gasteiger partial charge >= 0.3 is 0 Å². The topological polar surface area (TPSA) is 73.2 Å². The van der Waals surface area contributed by atoms with Gasteiger partial charge in [-0.25, -0.2) is 4.98 Å². The zero-order chi connectivity index (χ0) is 20.4. The third-order valence-electron chi connectivity index (χ3n) is 4.59. The van der Waals surface area contributed by atoms with Crippen LogP contribution in [0.1, 0.15) is 24.3 Å². The van der Waals surface area contributed by atoms with E-state index in [1.807, 2.05) is 32.9 Å². The Kier molecular flexibility index (Phi) is 6.10. The average Bonchev–Trinajstić information content (AvgIpc) is 2.96. The summed E-state index contributed by atoms with van der Waals surface area (Å²) in [7, 11) is 1.56. The molecule has 1 atom stereocenters. The smallest absolute Gasteiger partial charge is 0.263 e. The van der Waals surface area contributed by atoms with Gasteiger partial charge in [-0.15, -0.1) is 11.3 Å². The van der Waals surface area contributed by atoms with Crippen LogP contribution in [0.2, 0.25) is 0 Å². The molecular weight excluding hydrogens is 394 g/mol. The molecule has 0 bridgehead atoms. The first-order valence-corrected chi connectivity index (χ1v) is 10.7. The molecule has 0 aliphatic rings. The maximum Gasteiger partial charge on any atom is 0.263 e. The lowest BCUT2D eigenvalue weighted by Gasteiger charge is -2.16. The van der Waals surface area contributed by atoms with E-state index >= 15 is 0 Å². The molecule has 6 nitrogen and oxygen atoms in total. The molecule has 28 heavy (non-hydrogen) atoms. The molecule has 0 unspecified atom stereocenters. The number of carbonyl (C=O) groups excluding carboxylic acids is 1. The van der Waals surface area contributed by atoms with E-state index in [2.05, 4.69) is 5.32 Å². The second-order valence-electron chi connectivity index (χ2n) is 6.36. The number of benzene rings is 1. The summed E-state index contributed by atoms with van der Waals surface area (Å²) >= 11 is 2.80. The van der Waals surface area contributed by atoms with Crippen molar-refractivity contribution in [2.75, 3.05) is 12.4 Å². The van der Waals surface area contributed by atoms with Crippen molar-refractivity contribution in [3.8, 4) is 5.75 Å². The number of para-hydroxylation sites is 2. The summed E-state index contributed by atoms with van der Waals surface area (Å²) in [6.45, 7) is 8.16. The molecule has 0 saturated heterocycles. The number of aromatic nitrogens is 2. The van der Waals surface area contributed by atoms with Crippen molar-refractivity contribution in [2.24, 2.45) is 0 Å². The van der Waals surface area contributed by atoms with E-state index in [9.17, 15) is 9.59 Å². The molecule has 0 aliphatic carbocycles. The fourth-order valence-corrected chi connectivity index (χ4v) is 4.91. The number of nitrogens with zero attached hydrogens (tertiary/aromatic N) is 2. The normalized spacial score (nSPS) is 12.2. The van der Waals surface area contributed by atoms with E-state index in [4.69, 9.17) is 9.72 Å². The number of nitrogens with one attached hydrogen (secondary N) is 1. The van der Waals surface area contributed by atoms with Crippen LogP contribution < -0.4 is 15.6 Å². The van der Waals surface area contributed by atoms with Crippen LogP contribution >= 0.6 is 23.1 Å². The molecule has 148 valence electrons. The quantitative estimate of drug-likeness (QED) is 0.480. The minimum Gasteiger partial charge on any atom is -0.495 e. The second kappa shape index (κ2) is 8.36. The SMILES string of the molecule is CCn1c(S[C@H](C)C(=O)Nc2ccccc2OC)nc2sc(C)c(C)c2c1=O. The number of ether oxygens (including phenoxy) is 1. The highest BCUT2D eigenvalue weighted by Gasteiger charge is 2.21. The number of aryl methyl sites for hydroxylation is 2. The van der Waals surface area contributed by atoms with Crippen molar-refractivity contribution < 1.29 is 9.53 Å². The highest BCUT2D eigenvalue weighted by molar-refractivity contribution is 8.00. The van der Waals surface area contributed by atoms with Crippen LogP contribution in [-0.4, -0.2) is 27.8 Å². The van der Waals surface area contributed by atoms with Crippen molar-refractivity contribution >= 4 is 44.9 Å². The van der Waals surface area contributed by atoms with Gasteiger partial charge in [0, 0.05) is 11.4 Å². The summed E-state index contributed by atoms with van der Waals surface area (Å²) in [4.78, 5) is 32.1. The summed E-state index contributed by atoms with van der Waals surface area (Å²) < 4.78 is 6.92. The first-order valence-electron chi connectivity index (χ1n) is 8.98. The maximum absolute atomic E-state index is 12.9. The Bertz CT molecular complexity index is 1090. The predicted octanol–water partition coefficient (Wildman–Crippen LogP) is 4.22. The Morgan fingerprint density at radius 1 is 1.36 bits per heavy atom. The molecule has 0 spiro atoms. The number of methoxy groups -OCH3 is 1. The number of thioether (sulfide) groups is 1. The van der Waals surface area contributed by atoms with Gasteiger partial charge in [-0.1, -0.05) is 23.9 Å². The summed E-state index contributed by atoms with van der Waals surface area (Å²) in [6.07, 6.45) is 0. The Labute approximate surface area is 171 Å². The molecule has 0 fully saturated rings. The lowest BCUT2D eigenvalue weighted by molar-refractivity contribution is -0.115. The Morgan fingerprint density at radius 2 is 2.07 bits per heavy atom. The van der Waals surface area contributed by atoms with Crippen LogP contribution in [-0.2, 0) is 11.3 Å². The number of thiophene rings is 1. The van der Waals surface area contributed by atoms with Crippen LogP contribution in [0.5, 0.6) is 5.75 Å². The molecule has 3 rings (SSSR count). The van der Waals surface area contributed by atoms with Gasteiger partial charge in [0.15, 0.2) is 5.16 Å². The molecule has 3 aromatic rings. The van der Waals surface area contributed by atoms with Gasteiger partial charge in [0.2, 0.25) is 5.91 Å². The third kappa shape index (κ3) is 3.79. The van der Waals surface area contributed by atoms with E-state index in [-0.39, 0.29) is 11.5 Å². The lowest BCUT2D eigenvalue weighted by atomic mass is 10.2. The molecule has 2 aromatic heterocycles. The molecule has 0 saturated carbocycles. The Morgan fingerprint density at radius 3 is 2.75 bits per heavy atom. The molecule has 0 aliphatic heterocycles. The molecule has 2 heterocycles. The summed E-state index contributed by atoms with van der Waals surface area (Å²) in [5.41, 5.74) is 1.55. The van der Waals surface area contributed by atoms with Crippen LogP contribution in [0.4, 0.5) is 5.69 Å². The van der Waals surface area contributed by atoms with Gasteiger partial charge in [0.05, 0.1) is 23.4 Å². The molecular formula is C20H23N3O3S2. The summed E-state index contributed by atoms with van der Waals surface area (Å²) in [6, 6.07) is 7.26. The molecule has 0 radical (unpaired) electrons. The number of fused-ring (bicyclic) bond motifs is 1. The summed E-state index contributed by atoms with van der Waals surface area (Å²) in [5, 5.41) is 3.69. The maximum atomic E-state index is 12.9. The van der Waals surface area contributed by atoms with Crippen molar-refractivity contribution in [1.29, 1.82) is 0 Å². The highest BCUT2D eigenvalue weighted by Crippen LogP contribution is 2.30. The fourth-order valence-electron chi connectivity index (χ4n) is 2.87. The first kappa shape index (κ1) is 20.4. The predicted molar refractivity (Wildman–Crippen MR) is 116 cm³/mol. The minimum atomic E-state index is -0.436. The lowest BCUT2D eigenvalue weighted by Crippen LogP contribution is -2.26. The average molecular weight is 418 g/mol. The summed E-state index contributed by atoms with van der Waals surface area (Å²) in [5.74, 6) is 0.424. The third-order valence-corrected chi connectivity index (χ3v) is 6.78. The Balaban J connectivity index is 1.89.